The minimum absolute atomic E-state index is 0.101. The number of nitrogens with zero attached hydrogens (tertiary/aromatic N) is 2. The van der Waals surface area contributed by atoms with Gasteiger partial charge >= 0.3 is 0 Å². The summed E-state index contributed by atoms with van der Waals surface area (Å²) < 4.78 is 0. The lowest BCUT2D eigenvalue weighted by molar-refractivity contribution is 0.661. The fraction of sp³-hybridized carbons (Fsp3) is 0.103. The maximum Gasteiger partial charge on any atom is 0.160 e. The molecule has 0 atom stereocenters. The third kappa shape index (κ3) is 5.13. The van der Waals surface area contributed by atoms with Crippen molar-refractivity contribution in [3.05, 3.63) is 204 Å². The van der Waals surface area contributed by atoms with Crippen LogP contribution in [0.4, 0.5) is 0 Å². The van der Waals surface area contributed by atoms with Crippen molar-refractivity contribution >= 4 is 32.3 Å². The molecular weight excluding hydrogens is 725 g/mol. The van der Waals surface area contributed by atoms with Gasteiger partial charge in [-0.3, -0.25) is 0 Å². The zero-order valence-corrected chi connectivity index (χ0v) is 34.2. The number of benzene rings is 9. The predicted octanol–water partition coefficient (Wildman–Crippen LogP) is 15.2. The summed E-state index contributed by atoms with van der Waals surface area (Å²) in [7, 11) is 0. The van der Waals surface area contributed by atoms with Crippen LogP contribution in [0.25, 0.3) is 99.6 Å². The molecule has 0 unspecified atom stereocenters. The number of aromatic nitrogens is 2. The molecule has 0 saturated heterocycles. The van der Waals surface area contributed by atoms with Crippen molar-refractivity contribution in [2.75, 3.05) is 0 Å². The third-order valence-corrected chi connectivity index (χ3v) is 13.6. The van der Waals surface area contributed by atoms with E-state index < -0.39 is 0 Å². The van der Waals surface area contributed by atoms with Crippen molar-refractivity contribution < 1.29 is 0 Å². The highest BCUT2D eigenvalue weighted by molar-refractivity contribution is 6.00. The molecule has 2 nitrogen and oxygen atoms in total. The summed E-state index contributed by atoms with van der Waals surface area (Å²) in [5.74, 6) is 0.724. The molecular formula is C58H42N2. The fourth-order valence-corrected chi connectivity index (χ4v) is 10.5. The van der Waals surface area contributed by atoms with Gasteiger partial charge in [0.1, 0.15) is 0 Å². The molecule has 10 aromatic rings. The van der Waals surface area contributed by atoms with Gasteiger partial charge in [-0.2, -0.15) is 0 Å². The van der Waals surface area contributed by atoms with Crippen LogP contribution < -0.4 is 0 Å². The molecule has 0 spiro atoms. The van der Waals surface area contributed by atoms with Crippen LogP contribution >= 0.6 is 0 Å². The van der Waals surface area contributed by atoms with Crippen LogP contribution in [-0.4, -0.2) is 9.97 Å². The van der Waals surface area contributed by atoms with Gasteiger partial charge < -0.3 is 0 Å². The topological polar surface area (TPSA) is 25.8 Å². The van der Waals surface area contributed by atoms with Gasteiger partial charge in [0.05, 0.1) is 11.4 Å². The zero-order valence-electron chi connectivity index (χ0n) is 34.2. The summed E-state index contributed by atoms with van der Waals surface area (Å²) in [6, 6.07) is 66.8. The van der Waals surface area contributed by atoms with Crippen molar-refractivity contribution in [3.63, 3.8) is 0 Å². The predicted molar refractivity (Wildman–Crippen MR) is 251 cm³/mol. The first-order valence-electron chi connectivity index (χ1n) is 21.1. The Bertz CT molecular complexity index is 3430. The molecule has 0 aliphatic heterocycles. The van der Waals surface area contributed by atoms with Crippen molar-refractivity contribution in [2.24, 2.45) is 0 Å². The monoisotopic (exact) mass is 766 g/mol. The Kier molecular flexibility index (Phi) is 7.36. The van der Waals surface area contributed by atoms with Gasteiger partial charge in [-0.15, -0.1) is 0 Å². The fourth-order valence-electron chi connectivity index (χ4n) is 10.5. The molecule has 60 heavy (non-hydrogen) atoms. The van der Waals surface area contributed by atoms with Crippen molar-refractivity contribution in [1.29, 1.82) is 0 Å². The maximum absolute atomic E-state index is 5.32. The lowest BCUT2D eigenvalue weighted by atomic mass is 9.79. The first kappa shape index (κ1) is 34.8. The highest BCUT2D eigenvalue weighted by Gasteiger charge is 2.38. The third-order valence-electron chi connectivity index (χ3n) is 13.6. The average molecular weight is 767 g/mol. The van der Waals surface area contributed by atoms with E-state index in [0.717, 1.165) is 33.9 Å². The van der Waals surface area contributed by atoms with Crippen LogP contribution in [-0.2, 0) is 10.8 Å². The van der Waals surface area contributed by atoms with E-state index in [-0.39, 0.29) is 10.8 Å². The highest BCUT2D eigenvalue weighted by atomic mass is 14.9. The molecule has 0 N–H and O–H groups in total. The molecule has 0 saturated carbocycles. The van der Waals surface area contributed by atoms with Crippen molar-refractivity contribution in [3.8, 4) is 67.3 Å². The Labute approximate surface area is 350 Å². The Hall–Kier alpha value is -7.16. The molecule has 284 valence electrons. The summed E-state index contributed by atoms with van der Waals surface area (Å²) in [6.45, 7) is 9.46. The summed E-state index contributed by atoms with van der Waals surface area (Å²) in [5.41, 5.74) is 18.0. The smallest absolute Gasteiger partial charge is 0.160 e. The summed E-state index contributed by atoms with van der Waals surface area (Å²) >= 11 is 0. The molecule has 0 fully saturated rings. The highest BCUT2D eigenvalue weighted by Crippen LogP contribution is 2.54. The zero-order chi connectivity index (χ0) is 40.3. The minimum Gasteiger partial charge on any atom is -0.228 e. The van der Waals surface area contributed by atoms with E-state index in [1.165, 1.54) is 88.0 Å². The molecule has 1 aromatic heterocycles. The van der Waals surface area contributed by atoms with Gasteiger partial charge in [-0.1, -0.05) is 173 Å². The number of hydrogen-bond acceptors (Lipinski definition) is 2. The second kappa shape index (κ2) is 12.7. The van der Waals surface area contributed by atoms with Crippen LogP contribution in [0.5, 0.6) is 0 Å². The quantitative estimate of drug-likeness (QED) is 0.178. The van der Waals surface area contributed by atoms with Crippen molar-refractivity contribution in [1.82, 2.24) is 9.97 Å². The van der Waals surface area contributed by atoms with Gasteiger partial charge in [-0.05, 0) is 124 Å². The number of rotatable bonds is 4. The standard InChI is InChI=1S/C58H42N2/c1-57(2)49-20-12-19-47(54(49)48-31-37-16-8-9-17-38(37)32-51(48)57)53-34-52(59-56(60-53)36-14-6-5-7-15-36)43-24-23-39-29-40(21-22-41(39)30-43)42-26-27-45-46-28-25-35-13-10-11-18-44(35)55(46)58(3,4)50(45)33-42/h5-34H,1-4H3. The van der Waals surface area contributed by atoms with E-state index in [2.05, 4.69) is 204 Å². The number of fused-ring (bicyclic) bond motifs is 10. The van der Waals surface area contributed by atoms with Crippen LogP contribution in [0.1, 0.15) is 49.9 Å². The summed E-state index contributed by atoms with van der Waals surface area (Å²) in [6.07, 6.45) is 0. The average Bonchev–Trinajstić information content (AvgIpc) is 3.66. The molecule has 2 aliphatic carbocycles. The molecule has 1 heterocycles. The number of hydrogen-bond donors (Lipinski definition) is 0. The van der Waals surface area contributed by atoms with E-state index in [1.807, 2.05) is 6.07 Å². The van der Waals surface area contributed by atoms with Crippen LogP contribution in [0.3, 0.4) is 0 Å². The Morgan fingerprint density at radius 2 is 0.933 bits per heavy atom. The van der Waals surface area contributed by atoms with Crippen LogP contribution in [0.2, 0.25) is 0 Å². The second-order valence-electron chi connectivity index (χ2n) is 17.8. The Morgan fingerprint density at radius 1 is 0.333 bits per heavy atom. The van der Waals surface area contributed by atoms with Crippen LogP contribution in [0.15, 0.2) is 182 Å². The van der Waals surface area contributed by atoms with E-state index in [1.54, 1.807) is 0 Å². The maximum atomic E-state index is 5.32. The van der Waals surface area contributed by atoms with E-state index >= 15 is 0 Å². The summed E-state index contributed by atoms with van der Waals surface area (Å²) in [5, 5.41) is 7.56. The Balaban J connectivity index is 0.957. The molecule has 2 aliphatic rings. The molecule has 12 rings (SSSR count). The van der Waals surface area contributed by atoms with Gasteiger partial charge in [0, 0.05) is 27.5 Å². The van der Waals surface area contributed by atoms with Crippen molar-refractivity contribution in [2.45, 2.75) is 38.5 Å². The van der Waals surface area contributed by atoms with E-state index in [0.29, 0.717) is 0 Å². The normalized spacial score (nSPS) is 14.3. The Morgan fingerprint density at radius 3 is 1.75 bits per heavy atom. The van der Waals surface area contributed by atoms with E-state index in [4.69, 9.17) is 9.97 Å². The largest absolute Gasteiger partial charge is 0.228 e. The van der Waals surface area contributed by atoms with Gasteiger partial charge in [0.15, 0.2) is 5.82 Å². The first-order valence-corrected chi connectivity index (χ1v) is 21.1. The van der Waals surface area contributed by atoms with Crippen LogP contribution in [0, 0.1) is 0 Å². The molecule has 0 amide bonds. The van der Waals surface area contributed by atoms with Gasteiger partial charge in [-0.25, -0.2) is 9.97 Å². The molecule has 0 radical (unpaired) electrons. The van der Waals surface area contributed by atoms with Gasteiger partial charge in [0.25, 0.3) is 0 Å². The molecule has 0 bridgehead atoms. The summed E-state index contributed by atoms with van der Waals surface area (Å²) in [4.78, 5) is 10.6. The second-order valence-corrected chi connectivity index (χ2v) is 17.8. The lowest BCUT2D eigenvalue weighted by Gasteiger charge is -2.23. The van der Waals surface area contributed by atoms with E-state index in [9.17, 15) is 0 Å². The minimum atomic E-state index is -0.143. The lowest BCUT2D eigenvalue weighted by Crippen LogP contribution is -2.15. The molecule has 2 heteroatoms. The van der Waals surface area contributed by atoms with Gasteiger partial charge in [0.2, 0.25) is 0 Å². The molecule has 9 aromatic carbocycles. The SMILES string of the molecule is CC1(C)c2cc3ccccc3cc2-c2c(-c3cc(-c4ccc5cc(-c6ccc7c(c6)C(C)(C)c6c-7ccc7ccccc67)ccc5c4)nc(-c4ccccc4)n3)cccc21. The first-order chi connectivity index (χ1) is 29.2.